The molecule has 0 aliphatic carbocycles. The summed E-state index contributed by atoms with van der Waals surface area (Å²) in [7, 11) is 0. The van der Waals surface area contributed by atoms with Crippen molar-refractivity contribution < 1.29 is 4.79 Å². The molecule has 1 aliphatic heterocycles. The van der Waals surface area contributed by atoms with Crippen LogP contribution in [0.2, 0.25) is 0 Å². The molecule has 0 radical (unpaired) electrons. The Kier molecular flexibility index (Phi) is 5.53. The van der Waals surface area contributed by atoms with Crippen molar-refractivity contribution in [3.8, 4) is 0 Å². The van der Waals surface area contributed by atoms with E-state index in [0.717, 1.165) is 16.7 Å². The number of nitrogens with zero attached hydrogens (tertiary/aromatic N) is 2. The van der Waals surface area contributed by atoms with Crippen molar-refractivity contribution in [3.05, 3.63) is 114 Å². The summed E-state index contributed by atoms with van der Waals surface area (Å²) in [6.07, 6.45) is 4.27. The van der Waals surface area contributed by atoms with Crippen LogP contribution < -0.4 is 0 Å². The zero-order valence-corrected chi connectivity index (χ0v) is 15.8. The van der Waals surface area contributed by atoms with Gasteiger partial charge in [0.1, 0.15) is 0 Å². The van der Waals surface area contributed by atoms with Crippen molar-refractivity contribution >= 4 is 12.1 Å². The third-order valence-electron chi connectivity index (χ3n) is 5.05. The third-order valence-corrected chi connectivity index (χ3v) is 5.05. The van der Waals surface area contributed by atoms with Crippen molar-refractivity contribution in [2.45, 2.75) is 19.1 Å². The van der Waals surface area contributed by atoms with Crippen LogP contribution in [0.4, 0.5) is 4.79 Å². The van der Waals surface area contributed by atoms with Crippen LogP contribution in [-0.4, -0.2) is 28.4 Å². The molecule has 28 heavy (non-hydrogen) atoms. The van der Waals surface area contributed by atoms with Gasteiger partial charge in [-0.3, -0.25) is 0 Å². The molecule has 0 unspecified atom stereocenters. The molecule has 3 nitrogen and oxygen atoms in total. The van der Waals surface area contributed by atoms with Crippen molar-refractivity contribution in [2.24, 2.45) is 0 Å². The fourth-order valence-electron chi connectivity index (χ4n) is 3.58. The molecule has 1 atom stereocenters. The van der Waals surface area contributed by atoms with Crippen LogP contribution >= 0.6 is 0 Å². The highest BCUT2D eigenvalue weighted by atomic mass is 16.2. The van der Waals surface area contributed by atoms with E-state index in [0.29, 0.717) is 19.6 Å². The summed E-state index contributed by atoms with van der Waals surface area (Å²) in [5, 5.41) is 0. The number of amides is 2. The molecular formula is C25H24N2O. The molecule has 0 aromatic heterocycles. The Morgan fingerprint density at radius 2 is 1.29 bits per heavy atom. The molecule has 1 saturated heterocycles. The molecule has 4 rings (SSSR count). The van der Waals surface area contributed by atoms with Gasteiger partial charge < -0.3 is 9.80 Å². The second kappa shape index (κ2) is 8.57. The van der Waals surface area contributed by atoms with E-state index in [1.165, 1.54) is 0 Å². The maximum Gasteiger partial charge on any atom is 0.321 e. The maximum atomic E-state index is 13.2. The van der Waals surface area contributed by atoms with Crippen LogP contribution in [0.15, 0.2) is 97.1 Å². The minimum atomic E-state index is 0.0524. The molecule has 0 bridgehead atoms. The second-order valence-corrected chi connectivity index (χ2v) is 7.10. The van der Waals surface area contributed by atoms with Gasteiger partial charge in [-0.2, -0.15) is 0 Å². The van der Waals surface area contributed by atoms with Gasteiger partial charge in [-0.15, -0.1) is 0 Å². The number of carbonyl (C=O) groups is 1. The van der Waals surface area contributed by atoms with Gasteiger partial charge in [0, 0.05) is 19.6 Å². The first-order valence-electron chi connectivity index (χ1n) is 9.66. The van der Waals surface area contributed by atoms with E-state index >= 15 is 0 Å². The highest BCUT2D eigenvalue weighted by molar-refractivity contribution is 5.78. The normalized spacial score (nSPS) is 16.9. The first-order valence-corrected chi connectivity index (χ1v) is 9.66. The molecule has 0 spiro atoms. The average Bonchev–Trinajstić information content (AvgIpc) is 3.03. The van der Waals surface area contributed by atoms with Gasteiger partial charge in [-0.25, -0.2) is 4.79 Å². The molecule has 0 saturated carbocycles. The summed E-state index contributed by atoms with van der Waals surface area (Å²) in [6.45, 7) is 1.96. The Morgan fingerprint density at radius 1 is 0.750 bits per heavy atom. The van der Waals surface area contributed by atoms with Gasteiger partial charge >= 0.3 is 6.03 Å². The number of hydrogen-bond donors (Lipinski definition) is 0. The van der Waals surface area contributed by atoms with Crippen molar-refractivity contribution in [1.82, 2.24) is 9.80 Å². The summed E-state index contributed by atoms with van der Waals surface area (Å²) in [4.78, 5) is 17.1. The van der Waals surface area contributed by atoms with E-state index in [9.17, 15) is 4.79 Å². The van der Waals surface area contributed by atoms with Gasteiger partial charge in [0.25, 0.3) is 0 Å². The van der Waals surface area contributed by atoms with Crippen LogP contribution in [0, 0.1) is 0 Å². The Bertz CT molecular complexity index is 923. The first kappa shape index (κ1) is 18.1. The van der Waals surface area contributed by atoms with Gasteiger partial charge in [0.05, 0.1) is 6.04 Å². The topological polar surface area (TPSA) is 23.6 Å². The first-order chi connectivity index (χ1) is 13.8. The monoisotopic (exact) mass is 368 g/mol. The van der Waals surface area contributed by atoms with Gasteiger partial charge in [0.2, 0.25) is 0 Å². The number of rotatable bonds is 6. The smallest absolute Gasteiger partial charge is 0.318 e. The minimum Gasteiger partial charge on any atom is -0.318 e. The van der Waals surface area contributed by atoms with Crippen LogP contribution in [0.25, 0.3) is 6.08 Å². The Hall–Kier alpha value is -3.33. The highest BCUT2D eigenvalue weighted by Crippen LogP contribution is 2.23. The van der Waals surface area contributed by atoms with Crippen LogP contribution in [0.5, 0.6) is 0 Å². The predicted molar refractivity (Wildman–Crippen MR) is 113 cm³/mol. The molecule has 2 amide bonds. The third kappa shape index (κ3) is 4.32. The quantitative estimate of drug-likeness (QED) is 0.586. The molecule has 1 heterocycles. The molecule has 3 aromatic carbocycles. The van der Waals surface area contributed by atoms with Crippen molar-refractivity contribution in [2.75, 3.05) is 6.54 Å². The van der Waals surface area contributed by atoms with Crippen LogP contribution in [0.3, 0.4) is 0 Å². The average molecular weight is 368 g/mol. The number of urea groups is 1. The summed E-state index contributed by atoms with van der Waals surface area (Å²) in [5.41, 5.74) is 3.45. The largest absolute Gasteiger partial charge is 0.321 e. The molecule has 3 heteroatoms. The molecule has 140 valence electrons. The SMILES string of the molecule is O=C1N(Cc2ccccc2)C[C@@H](/C=C/c2ccccc2)N1Cc1ccccc1. The lowest BCUT2D eigenvalue weighted by molar-refractivity contribution is 0.186. The standard InChI is InChI=1S/C25H24N2O/c28-25-26(18-22-12-6-2-7-13-22)20-24(17-16-21-10-4-1-5-11-21)27(25)19-23-14-8-3-9-15-23/h1-17,24H,18-20H2/b17-16+/t24-/m1/s1. The molecule has 1 aliphatic rings. The maximum absolute atomic E-state index is 13.2. The Labute approximate surface area is 166 Å². The Morgan fingerprint density at radius 3 is 1.89 bits per heavy atom. The fraction of sp³-hybridized carbons (Fsp3) is 0.160. The number of benzene rings is 3. The zero-order valence-electron chi connectivity index (χ0n) is 15.8. The van der Waals surface area contributed by atoms with E-state index in [2.05, 4.69) is 48.6 Å². The van der Waals surface area contributed by atoms with Crippen LogP contribution in [-0.2, 0) is 13.1 Å². The lowest BCUT2D eigenvalue weighted by Crippen LogP contribution is -2.33. The van der Waals surface area contributed by atoms with E-state index in [4.69, 9.17) is 0 Å². The summed E-state index contributed by atoms with van der Waals surface area (Å²) < 4.78 is 0. The van der Waals surface area contributed by atoms with Gasteiger partial charge in [-0.1, -0.05) is 103 Å². The van der Waals surface area contributed by atoms with Crippen molar-refractivity contribution in [1.29, 1.82) is 0 Å². The van der Waals surface area contributed by atoms with Gasteiger partial charge in [-0.05, 0) is 16.7 Å². The summed E-state index contributed by atoms with van der Waals surface area (Å²) >= 11 is 0. The van der Waals surface area contributed by atoms with E-state index in [-0.39, 0.29) is 12.1 Å². The predicted octanol–water partition coefficient (Wildman–Crippen LogP) is 5.21. The number of carbonyl (C=O) groups excluding carboxylic acids is 1. The lowest BCUT2D eigenvalue weighted by atomic mass is 10.1. The summed E-state index contributed by atoms with van der Waals surface area (Å²) in [6, 6.07) is 30.8. The second-order valence-electron chi connectivity index (χ2n) is 7.10. The van der Waals surface area contributed by atoms with E-state index in [1.54, 1.807) is 0 Å². The fourth-order valence-corrected chi connectivity index (χ4v) is 3.58. The highest BCUT2D eigenvalue weighted by Gasteiger charge is 2.35. The Balaban J connectivity index is 1.55. The molecule has 1 fully saturated rings. The lowest BCUT2D eigenvalue weighted by Gasteiger charge is -2.21. The van der Waals surface area contributed by atoms with E-state index < -0.39 is 0 Å². The van der Waals surface area contributed by atoms with E-state index in [1.807, 2.05) is 64.4 Å². The number of hydrogen-bond acceptors (Lipinski definition) is 1. The minimum absolute atomic E-state index is 0.0524. The van der Waals surface area contributed by atoms with Crippen LogP contribution in [0.1, 0.15) is 16.7 Å². The summed E-state index contributed by atoms with van der Waals surface area (Å²) in [5.74, 6) is 0. The molecule has 0 N–H and O–H groups in total. The molecule has 3 aromatic rings. The zero-order chi connectivity index (χ0) is 19.2. The van der Waals surface area contributed by atoms with Crippen molar-refractivity contribution in [3.63, 3.8) is 0 Å². The van der Waals surface area contributed by atoms with Gasteiger partial charge in [0.15, 0.2) is 0 Å². The molecular weight excluding hydrogens is 344 g/mol.